The molecule has 0 aliphatic carbocycles. The van der Waals surface area contributed by atoms with Crippen molar-refractivity contribution in [2.75, 3.05) is 13.7 Å². The van der Waals surface area contributed by atoms with E-state index in [0.29, 0.717) is 17.0 Å². The zero-order valence-corrected chi connectivity index (χ0v) is 9.63. The predicted molar refractivity (Wildman–Crippen MR) is 59.5 cm³/mol. The number of hydrogen-bond donors (Lipinski definition) is 2. The van der Waals surface area contributed by atoms with E-state index in [0.717, 1.165) is 0 Å². The van der Waals surface area contributed by atoms with Gasteiger partial charge in [-0.05, 0) is 6.42 Å². The van der Waals surface area contributed by atoms with Crippen molar-refractivity contribution >= 4 is 17.2 Å². The molecule has 0 aliphatic rings. The van der Waals surface area contributed by atoms with E-state index in [-0.39, 0.29) is 12.5 Å². The molecular weight excluding hydrogens is 214 g/mol. The molecule has 1 heterocycles. The van der Waals surface area contributed by atoms with Crippen LogP contribution >= 0.6 is 11.3 Å². The van der Waals surface area contributed by atoms with Crippen LogP contribution in [0.3, 0.4) is 0 Å². The van der Waals surface area contributed by atoms with E-state index in [9.17, 15) is 9.90 Å². The largest absolute Gasteiger partial charge is 0.496 e. The third-order valence-electron chi connectivity index (χ3n) is 2.00. The Hall–Kier alpha value is -1.07. The van der Waals surface area contributed by atoms with Crippen LogP contribution in [0, 0.1) is 0 Å². The van der Waals surface area contributed by atoms with Gasteiger partial charge in [0.25, 0.3) is 5.91 Å². The topological polar surface area (TPSA) is 58.6 Å². The van der Waals surface area contributed by atoms with Crippen LogP contribution in [0.2, 0.25) is 0 Å². The lowest BCUT2D eigenvalue weighted by molar-refractivity contribution is 0.0917. The second-order valence-electron chi connectivity index (χ2n) is 3.12. The summed E-state index contributed by atoms with van der Waals surface area (Å²) in [5.41, 5.74) is 0. The molecule has 0 spiro atoms. The fourth-order valence-corrected chi connectivity index (χ4v) is 1.76. The van der Waals surface area contributed by atoms with Gasteiger partial charge in [0.05, 0.1) is 18.1 Å². The Balaban J connectivity index is 2.46. The summed E-state index contributed by atoms with van der Waals surface area (Å²) in [6, 6.07) is 1.68. The van der Waals surface area contributed by atoms with E-state index < -0.39 is 6.10 Å². The number of hydrogen-bond acceptors (Lipinski definition) is 4. The van der Waals surface area contributed by atoms with Crippen LogP contribution in [0.1, 0.15) is 23.0 Å². The summed E-state index contributed by atoms with van der Waals surface area (Å²) in [5, 5.41) is 13.7. The van der Waals surface area contributed by atoms with Crippen molar-refractivity contribution < 1.29 is 14.6 Å². The first-order chi connectivity index (χ1) is 7.17. The van der Waals surface area contributed by atoms with Crippen molar-refractivity contribution in [1.29, 1.82) is 0 Å². The molecule has 2 N–H and O–H groups in total. The van der Waals surface area contributed by atoms with Crippen LogP contribution in [0.25, 0.3) is 0 Å². The first-order valence-electron chi connectivity index (χ1n) is 4.76. The summed E-state index contributed by atoms with van der Waals surface area (Å²) >= 11 is 1.32. The fraction of sp³-hybridized carbons (Fsp3) is 0.500. The normalized spacial score (nSPS) is 12.2. The first-order valence-corrected chi connectivity index (χ1v) is 5.64. The highest BCUT2D eigenvalue weighted by Crippen LogP contribution is 2.20. The van der Waals surface area contributed by atoms with Crippen molar-refractivity contribution in [3.63, 3.8) is 0 Å². The minimum Gasteiger partial charge on any atom is -0.496 e. The molecule has 0 bridgehead atoms. The second-order valence-corrected chi connectivity index (χ2v) is 4.03. The second kappa shape index (κ2) is 5.72. The number of aliphatic hydroxyl groups excluding tert-OH is 1. The molecule has 1 aromatic rings. The van der Waals surface area contributed by atoms with Gasteiger partial charge in [-0.3, -0.25) is 4.79 Å². The summed E-state index contributed by atoms with van der Waals surface area (Å²) in [5.74, 6) is 0.511. The van der Waals surface area contributed by atoms with Crippen LogP contribution in [0.4, 0.5) is 0 Å². The predicted octanol–water partition coefficient (Wildman–Crippen LogP) is 1.26. The Labute approximate surface area is 92.9 Å². The standard InChI is InChI=1S/C10H15NO3S/c1-3-7(12)5-11-10(13)9-4-8(14-2)6-15-9/h4,6-7,12H,3,5H2,1-2H3,(H,11,13). The van der Waals surface area contributed by atoms with Crippen molar-refractivity contribution in [3.05, 3.63) is 16.3 Å². The molecule has 0 saturated heterocycles. The average Bonchev–Trinajstić information content (AvgIpc) is 2.73. The first kappa shape index (κ1) is 12.0. The molecule has 0 fully saturated rings. The molecule has 5 heteroatoms. The molecule has 0 radical (unpaired) electrons. The molecule has 1 rings (SSSR count). The zero-order valence-electron chi connectivity index (χ0n) is 8.82. The molecule has 1 atom stereocenters. The SMILES string of the molecule is CCC(O)CNC(=O)c1cc(OC)cs1. The van der Waals surface area contributed by atoms with Crippen molar-refractivity contribution in [2.24, 2.45) is 0 Å². The van der Waals surface area contributed by atoms with Gasteiger partial charge in [0, 0.05) is 18.0 Å². The minimum absolute atomic E-state index is 0.171. The number of methoxy groups -OCH3 is 1. The molecule has 84 valence electrons. The zero-order chi connectivity index (χ0) is 11.3. The number of aliphatic hydroxyl groups is 1. The van der Waals surface area contributed by atoms with Gasteiger partial charge < -0.3 is 15.2 Å². The van der Waals surface area contributed by atoms with Gasteiger partial charge in [0.2, 0.25) is 0 Å². The minimum atomic E-state index is -0.476. The van der Waals surface area contributed by atoms with Gasteiger partial charge in [-0.2, -0.15) is 0 Å². The number of amides is 1. The van der Waals surface area contributed by atoms with Gasteiger partial charge in [-0.1, -0.05) is 6.92 Å². The van der Waals surface area contributed by atoms with Crippen molar-refractivity contribution in [1.82, 2.24) is 5.32 Å². The highest BCUT2D eigenvalue weighted by atomic mass is 32.1. The van der Waals surface area contributed by atoms with E-state index in [1.165, 1.54) is 11.3 Å². The summed E-state index contributed by atoms with van der Waals surface area (Å²) < 4.78 is 4.97. The maximum absolute atomic E-state index is 11.5. The Kier molecular flexibility index (Phi) is 4.58. The maximum atomic E-state index is 11.5. The molecular formula is C10H15NO3S. The summed E-state index contributed by atoms with van der Waals surface area (Å²) in [6.07, 6.45) is 0.157. The van der Waals surface area contributed by atoms with Gasteiger partial charge >= 0.3 is 0 Å². The van der Waals surface area contributed by atoms with Gasteiger partial charge in [0.15, 0.2) is 0 Å². The lowest BCUT2D eigenvalue weighted by atomic mass is 10.3. The molecule has 1 unspecified atom stereocenters. The Bertz CT molecular complexity index is 324. The summed E-state index contributed by atoms with van der Waals surface area (Å²) in [6.45, 7) is 2.15. The van der Waals surface area contributed by atoms with Crippen molar-refractivity contribution in [2.45, 2.75) is 19.4 Å². The molecule has 15 heavy (non-hydrogen) atoms. The van der Waals surface area contributed by atoms with E-state index in [4.69, 9.17) is 4.74 Å². The molecule has 0 aromatic carbocycles. The third kappa shape index (κ3) is 3.53. The van der Waals surface area contributed by atoms with Gasteiger partial charge in [-0.15, -0.1) is 11.3 Å². The smallest absolute Gasteiger partial charge is 0.261 e. The van der Waals surface area contributed by atoms with Crippen LogP contribution in [0.15, 0.2) is 11.4 Å². The highest BCUT2D eigenvalue weighted by Gasteiger charge is 2.10. The number of thiophene rings is 1. The van der Waals surface area contributed by atoms with Gasteiger partial charge in [0.1, 0.15) is 5.75 Å². The maximum Gasteiger partial charge on any atom is 0.261 e. The van der Waals surface area contributed by atoms with E-state index in [1.54, 1.807) is 18.6 Å². The average molecular weight is 229 g/mol. The third-order valence-corrected chi connectivity index (χ3v) is 2.91. The van der Waals surface area contributed by atoms with Crippen LogP contribution in [0.5, 0.6) is 5.75 Å². The number of nitrogens with one attached hydrogen (secondary N) is 1. The van der Waals surface area contributed by atoms with E-state index >= 15 is 0 Å². The lowest BCUT2D eigenvalue weighted by Gasteiger charge is -2.07. The summed E-state index contributed by atoms with van der Waals surface area (Å²) in [4.78, 5) is 12.1. The molecule has 0 saturated carbocycles. The number of ether oxygens (including phenoxy) is 1. The van der Waals surface area contributed by atoms with Crippen LogP contribution in [-0.2, 0) is 0 Å². The Morgan fingerprint density at radius 3 is 3.00 bits per heavy atom. The molecule has 4 nitrogen and oxygen atoms in total. The van der Waals surface area contributed by atoms with Crippen LogP contribution < -0.4 is 10.1 Å². The number of carbonyl (C=O) groups is 1. The molecule has 1 amide bonds. The molecule has 1 aromatic heterocycles. The Morgan fingerprint density at radius 1 is 1.73 bits per heavy atom. The fourth-order valence-electron chi connectivity index (χ4n) is 0.987. The van der Waals surface area contributed by atoms with E-state index in [2.05, 4.69) is 5.32 Å². The van der Waals surface area contributed by atoms with Crippen molar-refractivity contribution in [3.8, 4) is 5.75 Å². The van der Waals surface area contributed by atoms with E-state index in [1.807, 2.05) is 6.92 Å². The van der Waals surface area contributed by atoms with Gasteiger partial charge in [-0.25, -0.2) is 0 Å². The van der Waals surface area contributed by atoms with Crippen LogP contribution in [-0.4, -0.2) is 30.8 Å². The Morgan fingerprint density at radius 2 is 2.47 bits per heavy atom. The monoisotopic (exact) mass is 229 g/mol. The number of carbonyl (C=O) groups excluding carboxylic acids is 1. The quantitative estimate of drug-likeness (QED) is 0.799. The molecule has 0 aliphatic heterocycles. The number of rotatable bonds is 5. The summed E-state index contributed by atoms with van der Waals surface area (Å²) in [7, 11) is 1.56. The highest BCUT2D eigenvalue weighted by molar-refractivity contribution is 7.12. The lowest BCUT2D eigenvalue weighted by Crippen LogP contribution is -2.31.